The van der Waals surface area contributed by atoms with Gasteiger partial charge in [0.05, 0.1) is 12.2 Å². The number of aryl methyl sites for hydroxylation is 1. The molecule has 2 heterocycles. The van der Waals surface area contributed by atoms with Gasteiger partial charge in [-0.05, 0) is 59.1 Å². The number of benzene rings is 1. The van der Waals surface area contributed by atoms with Crippen molar-refractivity contribution >= 4 is 5.91 Å². The van der Waals surface area contributed by atoms with E-state index in [9.17, 15) is 9.90 Å². The summed E-state index contributed by atoms with van der Waals surface area (Å²) >= 11 is 0. The third-order valence-corrected chi connectivity index (χ3v) is 5.14. The van der Waals surface area contributed by atoms with Crippen molar-refractivity contribution in [1.29, 1.82) is 0 Å². The summed E-state index contributed by atoms with van der Waals surface area (Å²) in [5.74, 6) is 1.80. The highest BCUT2D eigenvalue weighted by Crippen LogP contribution is 2.28. The molecule has 1 amide bonds. The Morgan fingerprint density at radius 3 is 2.79 bits per heavy atom. The Morgan fingerprint density at radius 2 is 2.11 bits per heavy atom. The molecule has 3 rings (SSSR count). The molecule has 6 nitrogen and oxygen atoms in total. The third-order valence-electron chi connectivity index (χ3n) is 5.14. The minimum Gasteiger partial charge on any atom is -0.493 e. The molecular weight excluding hydrogens is 356 g/mol. The van der Waals surface area contributed by atoms with Crippen molar-refractivity contribution in [1.82, 2.24) is 9.88 Å². The number of ether oxygens (including phenoxy) is 1. The maximum atomic E-state index is 13.3. The number of aliphatic hydroxyl groups is 1. The van der Waals surface area contributed by atoms with Crippen LogP contribution in [-0.4, -0.2) is 40.1 Å². The number of hydrogen-bond donors (Lipinski definition) is 1. The number of oxazole rings is 1. The van der Waals surface area contributed by atoms with Crippen LogP contribution in [0, 0.1) is 6.92 Å². The molecule has 2 aromatic rings. The number of piperidine rings is 1. The lowest BCUT2D eigenvalue weighted by Crippen LogP contribution is -2.45. The van der Waals surface area contributed by atoms with Gasteiger partial charge in [-0.25, -0.2) is 4.98 Å². The molecule has 1 N–H and O–H groups in total. The van der Waals surface area contributed by atoms with Crippen LogP contribution >= 0.6 is 0 Å². The first-order valence-electron chi connectivity index (χ1n) is 10.0. The predicted molar refractivity (Wildman–Crippen MR) is 106 cm³/mol. The fraction of sp³-hybridized carbons (Fsp3) is 0.545. The maximum absolute atomic E-state index is 13.3. The Balaban J connectivity index is 1.82. The number of carbonyl (C=O) groups is 1. The minimum atomic E-state index is -1.05. The summed E-state index contributed by atoms with van der Waals surface area (Å²) in [5, 5.41) is 10.3. The molecule has 0 radical (unpaired) electrons. The van der Waals surface area contributed by atoms with Crippen molar-refractivity contribution < 1.29 is 19.1 Å². The highest BCUT2D eigenvalue weighted by Gasteiger charge is 2.31. The zero-order chi connectivity index (χ0) is 20.3. The van der Waals surface area contributed by atoms with Gasteiger partial charge in [0.1, 0.15) is 22.8 Å². The molecule has 1 fully saturated rings. The first kappa shape index (κ1) is 20.4. The van der Waals surface area contributed by atoms with Crippen LogP contribution in [0.1, 0.15) is 67.7 Å². The summed E-state index contributed by atoms with van der Waals surface area (Å²) in [6.45, 7) is 8.35. The number of aromatic nitrogens is 1. The molecule has 1 unspecified atom stereocenters. The van der Waals surface area contributed by atoms with Gasteiger partial charge in [-0.1, -0.05) is 12.1 Å². The van der Waals surface area contributed by atoms with Crippen molar-refractivity contribution in [2.45, 2.75) is 65.0 Å². The quantitative estimate of drug-likeness (QED) is 0.816. The minimum absolute atomic E-state index is 0.0141. The lowest BCUT2D eigenvalue weighted by Gasteiger charge is -2.35. The lowest BCUT2D eigenvalue weighted by molar-refractivity contribution is 0.0600. The van der Waals surface area contributed by atoms with Gasteiger partial charge in [0.2, 0.25) is 0 Å². The molecule has 28 heavy (non-hydrogen) atoms. The highest BCUT2D eigenvalue weighted by molar-refractivity contribution is 5.97. The second-order valence-electron chi connectivity index (χ2n) is 7.85. The fourth-order valence-electron chi connectivity index (χ4n) is 3.87. The molecule has 6 heteroatoms. The topological polar surface area (TPSA) is 75.8 Å². The Bertz CT molecular complexity index is 822. The van der Waals surface area contributed by atoms with E-state index in [0.29, 0.717) is 48.2 Å². The summed E-state index contributed by atoms with van der Waals surface area (Å²) in [5.41, 5.74) is 0.0968. The summed E-state index contributed by atoms with van der Waals surface area (Å²) < 4.78 is 11.5. The van der Waals surface area contributed by atoms with Crippen molar-refractivity contribution in [2.24, 2.45) is 0 Å². The molecule has 152 valence electrons. The number of hydrogen-bond acceptors (Lipinski definition) is 5. The second-order valence-corrected chi connectivity index (χ2v) is 7.85. The van der Waals surface area contributed by atoms with Crippen LogP contribution in [-0.2, 0) is 12.0 Å². The first-order valence-corrected chi connectivity index (χ1v) is 10.0. The Hall–Kier alpha value is -2.34. The molecule has 1 aliphatic heterocycles. The maximum Gasteiger partial charge on any atom is 0.257 e. The summed E-state index contributed by atoms with van der Waals surface area (Å²) in [7, 11) is 0. The van der Waals surface area contributed by atoms with E-state index in [2.05, 4.69) is 4.98 Å². The van der Waals surface area contributed by atoms with Crippen LogP contribution in [0.5, 0.6) is 5.75 Å². The average molecular weight is 386 g/mol. The predicted octanol–water partition coefficient (Wildman–Crippen LogP) is 3.85. The average Bonchev–Trinajstić information content (AvgIpc) is 3.03. The summed E-state index contributed by atoms with van der Waals surface area (Å²) in [6.07, 6.45) is 3.50. The Morgan fingerprint density at radius 1 is 1.36 bits per heavy atom. The van der Waals surface area contributed by atoms with Gasteiger partial charge in [-0.15, -0.1) is 0 Å². The van der Waals surface area contributed by atoms with Gasteiger partial charge in [-0.3, -0.25) is 4.79 Å². The van der Waals surface area contributed by atoms with Crippen LogP contribution in [0.3, 0.4) is 0 Å². The SMILES string of the molecule is CCOc1ccccc1C(=O)N1CCCCC1Cc1nc(C(C)(C)O)c(C)o1. The molecule has 1 saturated heterocycles. The zero-order valence-electron chi connectivity index (χ0n) is 17.2. The first-order chi connectivity index (χ1) is 13.3. The molecule has 0 aliphatic carbocycles. The molecule has 1 aromatic carbocycles. The number of para-hydroxylation sites is 1. The summed E-state index contributed by atoms with van der Waals surface area (Å²) in [4.78, 5) is 19.7. The van der Waals surface area contributed by atoms with E-state index in [1.165, 1.54) is 0 Å². The molecule has 1 aliphatic rings. The smallest absolute Gasteiger partial charge is 0.257 e. The molecule has 0 saturated carbocycles. The number of carbonyl (C=O) groups excluding carboxylic acids is 1. The fourth-order valence-corrected chi connectivity index (χ4v) is 3.87. The third kappa shape index (κ3) is 4.38. The molecule has 1 atom stereocenters. The largest absolute Gasteiger partial charge is 0.493 e. The Kier molecular flexibility index (Phi) is 6.08. The van der Waals surface area contributed by atoms with Crippen LogP contribution < -0.4 is 4.74 Å². The molecular formula is C22H30N2O4. The van der Waals surface area contributed by atoms with Crippen LogP contribution in [0.15, 0.2) is 28.7 Å². The van der Waals surface area contributed by atoms with E-state index in [1.54, 1.807) is 13.8 Å². The second kappa shape index (κ2) is 8.35. The molecule has 1 aromatic heterocycles. The van der Waals surface area contributed by atoms with Crippen LogP contribution in [0.25, 0.3) is 0 Å². The number of nitrogens with zero attached hydrogens (tertiary/aromatic N) is 2. The Labute approximate surface area is 166 Å². The number of amides is 1. The van der Waals surface area contributed by atoms with Crippen molar-refractivity contribution in [3.63, 3.8) is 0 Å². The van der Waals surface area contributed by atoms with Gasteiger partial charge in [-0.2, -0.15) is 0 Å². The standard InChI is InChI=1S/C22H30N2O4/c1-5-27-18-12-7-6-11-17(18)21(25)24-13-9-8-10-16(24)14-19-23-20(15(2)28-19)22(3,4)26/h6-7,11-12,16,26H,5,8-10,13-14H2,1-4H3. The van der Waals surface area contributed by atoms with Gasteiger partial charge in [0.15, 0.2) is 5.89 Å². The van der Waals surface area contributed by atoms with Crippen LogP contribution in [0.4, 0.5) is 0 Å². The zero-order valence-corrected chi connectivity index (χ0v) is 17.2. The van der Waals surface area contributed by atoms with Gasteiger partial charge in [0, 0.05) is 19.0 Å². The van der Waals surface area contributed by atoms with E-state index in [1.807, 2.05) is 43.0 Å². The van der Waals surface area contributed by atoms with Gasteiger partial charge in [0.25, 0.3) is 5.91 Å². The number of rotatable bonds is 6. The molecule has 0 spiro atoms. The van der Waals surface area contributed by atoms with Crippen LogP contribution in [0.2, 0.25) is 0 Å². The highest BCUT2D eigenvalue weighted by atomic mass is 16.5. The van der Waals surface area contributed by atoms with E-state index in [-0.39, 0.29) is 11.9 Å². The van der Waals surface area contributed by atoms with Crippen molar-refractivity contribution in [3.8, 4) is 5.75 Å². The van der Waals surface area contributed by atoms with E-state index < -0.39 is 5.60 Å². The van der Waals surface area contributed by atoms with E-state index in [0.717, 1.165) is 19.3 Å². The molecule has 0 bridgehead atoms. The summed E-state index contributed by atoms with van der Waals surface area (Å²) in [6, 6.07) is 7.41. The monoisotopic (exact) mass is 386 g/mol. The lowest BCUT2D eigenvalue weighted by atomic mass is 9.98. The van der Waals surface area contributed by atoms with Crippen molar-refractivity contribution in [2.75, 3.05) is 13.2 Å². The van der Waals surface area contributed by atoms with E-state index >= 15 is 0 Å². The van der Waals surface area contributed by atoms with Gasteiger partial charge >= 0.3 is 0 Å². The van der Waals surface area contributed by atoms with Gasteiger partial charge < -0.3 is 19.2 Å². The van der Waals surface area contributed by atoms with Crippen molar-refractivity contribution in [3.05, 3.63) is 47.2 Å². The number of likely N-dealkylation sites (tertiary alicyclic amines) is 1. The van der Waals surface area contributed by atoms with E-state index in [4.69, 9.17) is 9.15 Å². The normalized spacial score (nSPS) is 17.6.